The van der Waals surface area contributed by atoms with Crippen LogP contribution in [0.3, 0.4) is 0 Å². The average Bonchev–Trinajstić information content (AvgIpc) is 2.85. The van der Waals surface area contributed by atoms with Gasteiger partial charge in [0.15, 0.2) is 0 Å². The first kappa shape index (κ1) is 14.6. The molecule has 7 nitrogen and oxygen atoms in total. The minimum Gasteiger partial charge on any atom is -0.337 e. The van der Waals surface area contributed by atoms with E-state index in [9.17, 15) is 9.59 Å². The number of aryl methyl sites for hydroxylation is 1. The van der Waals surface area contributed by atoms with Crippen LogP contribution in [0.5, 0.6) is 0 Å². The lowest BCUT2D eigenvalue weighted by atomic mass is 9.96. The van der Waals surface area contributed by atoms with E-state index in [1.54, 1.807) is 18.1 Å². The Bertz CT molecular complexity index is 998. The van der Waals surface area contributed by atoms with Gasteiger partial charge in [-0.2, -0.15) is 5.10 Å². The molecule has 1 saturated heterocycles. The zero-order valence-electron chi connectivity index (χ0n) is 13.5. The summed E-state index contributed by atoms with van der Waals surface area (Å²) in [5.41, 5.74) is 2.15. The summed E-state index contributed by atoms with van der Waals surface area (Å²) in [5.74, 6) is 0.748. The van der Waals surface area contributed by atoms with Gasteiger partial charge in [-0.25, -0.2) is 9.89 Å². The molecule has 7 heteroatoms. The smallest absolute Gasteiger partial charge is 0.337 e. The predicted molar refractivity (Wildman–Crippen MR) is 89.0 cm³/mol. The summed E-state index contributed by atoms with van der Waals surface area (Å²) in [5, 5.41) is 7.45. The zero-order valence-corrected chi connectivity index (χ0v) is 13.5. The second-order valence-electron chi connectivity index (χ2n) is 6.24. The Labute approximate surface area is 137 Å². The monoisotopic (exact) mass is 323 g/mol. The van der Waals surface area contributed by atoms with Crippen LogP contribution in [0.4, 0.5) is 0 Å². The maximum Gasteiger partial charge on any atom is 0.343 e. The van der Waals surface area contributed by atoms with Gasteiger partial charge in [0.1, 0.15) is 5.82 Å². The van der Waals surface area contributed by atoms with Gasteiger partial charge in [-0.15, -0.1) is 0 Å². The van der Waals surface area contributed by atoms with Gasteiger partial charge in [0.25, 0.3) is 5.91 Å². The van der Waals surface area contributed by atoms with Crippen LogP contribution in [-0.4, -0.2) is 43.6 Å². The largest absolute Gasteiger partial charge is 0.343 e. The number of hydrogen-bond acceptors (Lipinski definition) is 4. The van der Waals surface area contributed by atoms with E-state index < -0.39 is 0 Å². The highest BCUT2D eigenvalue weighted by Crippen LogP contribution is 2.28. The molecule has 1 aliphatic heterocycles. The number of rotatable bonds is 2. The fourth-order valence-electron chi connectivity index (χ4n) is 3.21. The van der Waals surface area contributed by atoms with E-state index in [0.717, 1.165) is 16.5 Å². The van der Waals surface area contributed by atoms with Crippen molar-refractivity contribution in [3.63, 3.8) is 0 Å². The lowest BCUT2D eigenvalue weighted by Gasteiger charge is -2.38. The van der Waals surface area contributed by atoms with Gasteiger partial charge in [-0.1, -0.05) is 6.07 Å². The van der Waals surface area contributed by atoms with E-state index in [2.05, 4.69) is 15.2 Å². The summed E-state index contributed by atoms with van der Waals surface area (Å²) < 4.78 is 1.50. The number of fused-ring (bicyclic) bond motifs is 1. The number of hydrogen-bond donors (Lipinski definition) is 1. The minimum atomic E-state index is -0.233. The Hall–Kier alpha value is -2.96. The number of aromatic nitrogens is 4. The Morgan fingerprint density at radius 3 is 2.83 bits per heavy atom. The van der Waals surface area contributed by atoms with Crippen molar-refractivity contribution in [2.24, 2.45) is 7.05 Å². The van der Waals surface area contributed by atoms with Gasteiger partial charge in [0.2, 0.25) is 0 Å². The highest BCUT2D eigenvalue weighted by Gasteiger charge is 2.35. The number of pyridine rings is 1. The molecule has 3 heterocycles. The molecule has 2 aromatic heterocycles. The first-order valence-corrected chi connectivity index (χ1v) is 7.80. The molecule has 0 bridgehead atoms. The van der Waals surface area contributed by atoms with Crippen molar-refractivity contribution in [2.45, 2.75) is 12.8 Å². The van der Waals surface area contributed by atoms with Crippen LogP contribution in [-0.2, 0) is 7.05 Å². The first-order valence-electron chi connectivity index (χ1n) is 7.80. The number of H-pyrrole nitrogens is 1. The maximum atomic E-state index is 12.8. The van der Waals surface area contributed by atoms with E-state index in [4.69, 9.17) is 0 Å². The first-order chi connectivity index (χ1) is 11.5. The third-order valence-electron chi connectivity index (χ3n) is 4.53. The normalized spacial score (nSPS) is 14.8. The topological polar surface area (TPSA) is 83.9 Å². The zero-order chi connectivity index (χ0) is 16.8. The summed E-state index contributed by atoms with van der Waals surface area (Å²) in [4.78, 5) is 30.4. The molecule has 0 radical (unpaired) electrons. The molecule has 1 aromatic carbocycles. The van der Waals surface area contributed by atoms with Crippen LogP contribution in [0.25, 0.3) is 10.9 Å². The summed E-state index contributed by atoms with van der Waals surface area (Å²) in [6.45, 7) is 3.08. The van der Waals surface area contributed by atoms with Gasteiger partial charge in [0, 0.05) is 31.7 Å². The van der Waals surface area contributed by atoms with Gasteiger partial charge in [0.05, 0.1) is 17.0 Å². The van der Waals surface area contributed by atoms with Gasteiger partial charge < -0.3 is 4.90 Å². The summed E-state index contributed by atoms with van der Waals surface area (Å²) >= 11 is 0. The molecule has 24 heavy (non-hydrogen) atoms. The van der Waals surface area contributed by atoms with Gasteiger partial charge >= 0.3 is 5.69 Å². The molecule has 0 aliphatic carbocycles. The molecule has 0 saturated carbocycles. The second-order valence-corrected chi connectivity index (χ2v) is 6.24. The van der Waals surface area contributed by atoms with E-state index in [-0.39, 0.29) is 17.5 Å². The summed E-state index contributed by atoms with van der Waals surface area (Å²) in [7, 11) is 1.68. The van der Waals surface area contributed by atoms with Crippen LogP contribution < -0.4 is 5.69 Å². The van der Waals surface area contributed by atoms with Gasteiger partial charge in [-0.05, 0) is 30.7 Å². The van der Waals surface area contributed by atoms with Crippen LogP contribution >= 0.6 is 0 Å². The maximum absolute atomic E-state index is 12.8. The third kappa shape index (κ3) is 2.20. The average molecular weight is 323 g/mol. The van der Waals surface area contributed by atoms with Crippen LogP contribution in [0.2, 0.25) is 0 Å². The second kappa shape index (κ2) is 5.30. The van der Waals surface area contributed by atoms with E-state index in [1.807, 2.05) is 31.2 Å². The molecule has 122 valence electrons. The molecule has 1 aliphatic rings. The fraction of sp³-hybridized carbons (Fsp3) is 0.294. The number of aromatic amines is 1. The van der Waals surface area contributed by atoms with Crippen molar-refractivity contribution in [3.8, 4) is 0 Å². The van der Waals surface area contributed by atoms with Crippen LogP contribution in [0.1, 0.15) is 27.7 Å². The lowest BCUT2D eigenvalue weighted by molar-refractivity contribution is 0.0593. The molecule has 0 atom stereocenters. The standard InChI is InChI=1S/C17H17N5O2/c1-10-6-11-4-3-5-18-14(11)13(7-10)16(23)22-8-12(9-22)15-19-20-17(24)21(15)2/h3-7,12H,8-9H2,1-2H3,(H,20,24). The van der Waals surface area contributed by atoms with Crippen molar-refractivity contribution in [1.29, 1.82) is 0 Å². The van der Waals surface area contributed by atoms with Crippen molar-refractivity contribution >= 4 is 16.8 Å². The van der Waals surface area contributed by atoms with Crippen molar-refractivity contribution in [3.05, 3.63) is 57.9 Å². The molecule has 1 amide bonds. The molecule has 1 fully saturated rings. The number of nitrogens with one attached hydrogen (secondary N) is 1. The molecule has 1 N–H and O–H groups in total. The third-order valence-corrected chi connectivity index (χ3v) is 4.53. The number of carbonyl (C=O) groups excluding carboxylic acids is 1. The Morgan fingerprint density at radius 2 is 2.12 bits per heavy atom. The number of likely N-dealkylation sites (tertiary alicyclic amines) is 1. The fourth-order valence-corrected chi connectivity index (χ4v) is 3.21. The molecule has 0 spiro atoms. The number of benzene rings is 1. The lowest BCUT2D eigenvalue weighted by Crippen LogP contribution is -2.49. The number of amides is 1. The highest BCUT2D eigenvalue weighted by molar-refractivity contribution is 6.06. The molecule has 4 rings (SSSR count). The predicted octanol–water partition coefficient (Wildman–Crippen LogP) is 1.20. The van der Waals surface area contributed by atoms with Gasteiger partial charge in [-0.3, -0.25) is 14.3 Å². The summed E-state index contributed by atoms with van der Waals surface area (Å²) in [6.07, 6.45) is 1.70. The molecular formula is C17H17N5O2. The van der Waals surface area contributed by atoms with Crippen molar-refractivity contribution < 1.29 is 4.79 Å². The molecule has 3 aromatic rings. The van der Waals surface area contributed by atoms with E-state index in [1.165, 1.54) is 4.57 Å². The van der Waals surface area contributed by atoms with E-state index in [0.29, 0.717) is 24.5 Å². The number of nitrogens with zero attached hydrogens (tertiary/aromatic N) is 4. The van der Waals surface area contributed by atoms with Crippen LogP contribution in [0.15, 0.2) is 35.3 Å². The Kier molecular flexibility index (Phi) is 3.23. The van der Waals surface area contributed by atoms with Crippen molar-refractivity contribution in [1.82, 2.24) is 24.6 Å². The SMILES string of the molecule is Cc1cc(C(=O)N2CC(c3n[nH]c(=O)n3C)C2)c2ncccc2c1. The van der Waals surface area contributed by atoms with Crippen LogP contribution in [0, 0.1) is 6.92 Å². The molecule has 0 unspecified atom stereocenters. The number of carbonyl (C=O) groups is 1. The van der Waals surface area contributed by atoms with Crippen molar-refractivity contribution in [2.75, 3.05) is 13.1 Å². The quantitative estimate of drug-likeness (QED) is 0.768. The Balaban J connectivity index is 1.60. The highest BCUT2D eigenvalue weighted by atomic mass is 16.2. The Morgan fingerprint density at radius 1 is 1.33 bits per heavy atom. The molecular weight excluding hydrogens is 306 g/mol. The van der Waals surface area contributed by atoms with E-state index >= 15 is 0 Å². The minimum absolute atomic E-state index is 0.0285. The summed E-state index contributed by atoms with van der Waals surface area (Å²) in [6, 6.07) is 7.74.